The molecule has 2 N–H and O–H groups in total. The lowest BCUT2D eigenvalue weighted by molar-refractivity contribution is 0.137. The van der Waals surface area contributed by atoms with Crippen LogP contribution in [0.2, 0.25) is 0 Å². The van der Waals surface area contributed by atoms with Crippen LogP contribution in [0.3, 0.4) is 0 Å². The van der Waals surface area contributed by atoms with Crippen LogP contribution >= 0.6 is 11.8 Å². The average molecular weight is 243 g/mol. The van der Waals surface area contributed by atoms with E-state index >= 15 is 0 Å². The van der Waals surface area contributed by atoms with Gasteiger partial charge < -0.3 is 10.6 Å². The zero-order chi connectivity index (χ0) is 11.8. The van der Waals surface area contributed by atoms with E-state index in [0.717, 1.165) is 12.5 Å². The average Bonchev–Trinajstić information content (AvgIpc) is 2.84. The van der Waals surface area contributed by atoms with E-state index in [-0.39, 0.29) is 0 Å². The van der Waals surface area contributed by atoms with Gasteiger partial charge in [-0.05, 0) is 32.2 Å². The zero-order valence-electron chi connectivity index (χ0n) is 10.8. The Balaban J connectivity index is 2.06. The maximum absolute atomic E-state index is 6.05. The summed E-state index contributed by atoms with van der Waals surface area (Å²) in [5.41, 5.74) is 6.36. The van der Waals surface area contributed by atoms with Crippen molar-refractivity contribution in [1.29, 1.82) is 0 Å². The van der Waals surface area contributed by atoms with Crippen LogP contribution in [-0.4, -0.2) is 66.6 Å². The van der Waals surface area contributed by atoms with Crippen molar-refractivity contribution in [1.82, 2.24) is 9.80 Å². The number of nitrogens with two attached hydrogens (primary N) is 1. The van der Waals surface area contributed by atoms with Crippen molar-refractivity contribution >= 4 is 11.8 Å². The first-order chi connectivity index (χ1) is 7.59. The summed E-state index contributed by atoms with van der Waals surface area (Å²) >= 11 is 2.07. The molecule has 4 heteroatoms. The lowest BCUT2D eigenvalue weighted by atomic mass is 9.97. The Bertz CT molecular complexity index is 238. The maximum Gasteiger partial charge on any atom is 0.0430 e. The first-order valence-electron chi connectivity index (χ1n) is 6.28. The van der Waals surface area contributed by atoms with Crippen LogP contribution in [0.15, 0.2) is 0 Å². The summed E-state index contributed by atoms with van der Waals surface area (Å²) in [5.74, 6) is 3.29. The summed E-state index contributed by atoms with van der Waals surface area (Å²) in [6.07, 6.45) is 1.28. The molecule has 3 nitrogen and oxygen atoms in total. The van der Waals surface area contributed by atoms with Gasteiger partial charge in [-0.15, -0.1) is 0 Å². The molecule has 2 aliphatic rings. The van der Waals surface area contributed by atoms with Crippen LogP contribution in [0.4, 0.5) is 0 Å². The quantitative estimate of drug-likeness (QED) is 0.791. The summed E-state index contributed by atoms with van der Waals surface area (Å²) < 4.78 is 0. The van der Waals surface area contributed by atoms with E-state index < -0.39 is 0 Å². The minimum atomic E-state index is 0.309. The summed E-state index contributed by atoms with van der Waals surface area (Å²) in [4.78, 5) is 5.04. The molecule has 3 atom stereocenters. The molecular weight excluding hydrogens is 218 g/mol. The molecule has 16 heavy (non-hydrogen) atoms. The van der Waals surface area contributed by atoms with Crippen LogP contribution in [-0.2, 0) is 0 Å². The standard InChI is InChI=1S/C12H25N3S/c1-10-6-15(7-11(10)14(2)3)12(8-13)4-5-16-9-12/h10-11H,4-9,13H2,1-3H3. The smallest absolute Gasteiger partial charge is 0.0430 e. The molecule has 2 aliphatic heterocycles. The molecule has 0 aromatic rings. The van der Waals surface area contributed by atoms with Gasteiger partial charge in [-0.3, -0.25) is 4.90 Å². The molecule has 3 unspecified atom stereocenters. The van der Waals surface area contributed by atoms with Crippen molar-refractivity contribution in [3.8, 4) is 0 Å². The number of rotatable bonds is 3. The summed E-state index contributed by atoms with van der Waals surface area (Å²) in [7, 11) is 4.40. The van der Waals surface area contributed by atoms with E-state index in [1.54, 1.807) is 0 Å². The number of likely N-dealkylation sites (tertiary alicyclic amines) is 1. The molecule has 0 saturated carbocycles. The minimum absolute atomic E-state index is 0.309. The van der Waals surface area contributed by atoms with E-state index in [1.807, 2.05) is 0 Å². The van der Waals surface area contributed by atoms with Crippen molar-refractivity contribution in [2.24, 2.45) is 11.7 Å². The van der Waals surface area contributed by atoms with Crippen molar-refractivity contribution in [2.45, 2.75) is 24.9 Å². The van der Waals surface area contributed by atoms with Gasteiger partial charge in [0.05, 0.1) is 0 Å². The first kappa shape index (κ1) is 12.7. The Morgan fingerprint density at radius 3 is 2.62 bits per heavy atom. The number of nitrogens with zero attached hydrogens (tertiary/aromatic N) is 2. The molecule has 2 rings (SSSR count). The predicted molar refractivity (Wildman–Crippen MR) is 71.9 cm³/mol. The summed E-state index contributed by atoms with van der Waals surface area (Å²) in [6.45, 7) is 5.62. The van der Waals surface area contributed by atoms with E-state index in [9.17, 15) is 0 Å². The SMILES string of the molecule is CC1CN(C2(CN)CCSC2)CC1N(C)C. The molecular formula is C12H25N3S. The van der Waals surface area contributed by atoms with Crippen molar-refractivity contribution < 1.29 is 0 Å². The van der Waals surface area contributed by atoms with Gasteiger partial charge in [-0.1, -0.05) is 6.92 Å². The van der Waals surface area contributed by atoms with Gasteiger partial charge in [-0.25, -0.2) is 0 Å². The number of thioether (sulfide) groups is 1. The lowest BCUT2D eigenvalue weighted by Crippen LogP contribution is -2.53. The Morgan fingerprint density at radius 1 is 1.44 bits per heavy atom. The highest BCUT2D eigenvalue weighted by atomic mass is 32.2. The van der Waals surface area contributed by atoms with Gasteiger partial charge in [-0.2, -0.15) is 11.8 Å². The van der Waals surface area contributed by atoms with Crippen molar-refractivity contribution in [3.05, 3.63) is 0 Å². The summed E-state index contributed by atoms with van der Waals surface area (Å²) in [6, 6.07) is 0.703. The normalized spacial score (nSPS) is 41.1. The molecule has 2 heterocycles. The minimum Gasteiger partial charge on any atom is -0.329 e. The predicted octanol–water partition coefficient (Wildman–Crippen LogP) is 0.703. The van der Waals surface area contributed by atoms with Gasteiger partial charge >= 0.3 is 0 Å². The maximum atomic E-state index is 6.05. The zero-order valence-corrected chi connectivity index (χ0v) is 11.6. The van der Waals surface area contributed by atoms with E-state index in [1.165, 1.54) is 31.0 Å². The highest BCUT2D eigenvalue weighted by Crippen LogP contribution is 2.36. The third-order valence-electron chi connectivity index (χ3n) is 4.37. The Labute approximate surface area is 104 Å². The Hall–Kier alpha value is 0.230. The van der Waals surface area contributed by atoms with Gasteiger partial charge in [0.1, 0.15) is 0 Å². The lowest BCUT2D eigenvalue weighted by Gasteiger charge is -2.37. The van der Waals surface area contributed by atoms with E-state index in [2.05, 4.69) is 42.6 Å². The highest BCUT2D eigenvalue weighted by molar-refractivity contribution is 7.99. The molecule has 0 aromatic carbocycles. The molecule has 0 spiro atoms. The third-order valence-corrected chi connectivity index (χ3v) is 5.60. The molecule has 2 saturated heterocycles. The summed E-state index contributed by atoms with van der Waals surface area (Å²) in [5, 5.41) is 0. The van der Waals surface area contributed by atoms with Crippen LogP contribution < -0.4 is 5.73 Å². The fourth-order valence-electron chi connectivity index (χ4n) is 3.15. The first-order valence-corrected chi connectivity index (χ1v) is 7.44. The van der Waals surface area contributed by atoms with Crippen LogP contribution in [0.25, 0.3) is 0 Å². The molecule has 0 bridgehead atoms. The number of hydrogen-bond donors (Lipinski definition) is 1. The Kier molecular flexibility index (Phi) is 3.84. The number of likely N-dealkylation sites (N-methyl/N-ethyl adjacent to an activating group) is 1. The topological polar surface area (TPSA) is 32.5 Å². The molecule has 2 fully saturated rings. The van der Waals surface area contributed by atoms with Crippen molar-refractivity contribution in [3.63, 3.8) is 0 Å². The molecule has 0 aliphatic carbocycles. The largest absolute Gasteiger partial charge is 0.329 e. The fourth-order valence-corrected chi connectivity index (χ4v) is 4.64. The molecule has 0 radical (unpaired) electrons. The Morgan fingerprint density at radius 2 is 2.19 bits per heavy atom. The second kappa shape index (κ2) is 4.84. The van der Waals surface area contributed by atoms with Gasteiger partial charge in [0, 0.05) is 37.0 Å². The van der Waals surface area contributed by atoms with Gasteiger partial charge in [0.2, 0.25) is 0 Å². The van der Waals surface area contributed by atoms with Crippen LogP contribution in [0, 0.1) is 5.92 Å². The third kappa shape index (κ3) is 2.13. The molecule has 0 aromatic heterocycles. The second-order valence-electron chi connectivity index (χ2n) is 5.64. The van der Waals surface area contributed by atoms with Crippen LogP contribution in [0.1, 0.15) is 13.3 Å². The second-order valence-corrected chi connectivity index (χ2v) is 6.75. The van der Waals surface area contributed by atoms with E-state index in [0.29, 0.717) is 11.6 Å². The highest BCUT2D eigenvalue weighted by Gasteiger charge is 2.44. The monoisotopic (exact) mass is 243 g/mol. The number of hydrogen-bond acceptors (Lipinski definition) is 4. The van der Waals surface area contributed by atoms with Crippen molar-refractivity contribution in [2.75, 3.05) is 45.2 Å². The molecule has 0 amide bonds. The molecule has 94 valence electrons. The van der Waals surface area contributed by atoms with Gasteiger partial charge in [0.25, 0.3) is 0 Å². The van der Waals surface area contributed by atoms with E-state index in [4.69, 9.17) is 5.73 Å². The van der Waals surface area contributed by atoms with Gasteiger partial charge in [0.15, 0.2) is 0 Å². The van der Waals surface area contributed by atoms with Crippen LogP contribution in [0.5, 0.6) is 0 Å². The fraction of sp³-hybridized carbons (Fsp3) is 1.00.